The zero-order valence-electron chi connectivity index (χ0n) is 22.6. The van der Waals surface area contributed by atoms with E-state index in [0.717, 1.165) is 65.6 Å². The average molecular weight is 541 g/mol. The summed E-state index contributed by atoms with van der Waals surface area (Å²) in [5.74, 6) is 0.383. The van der Waals surface area contributed by atoms with Gasteiger partial charge in [0, 0.05) is 73.9 Å². The number of ether oxygens (including phenoxy) is 2. The minimum Gasteiger partial charge on any atom is -0.493 e. The monoisotopic (exact) mass is 540 g/mol. The van der Waals surface area contributed by atoms with Crippen LogP contribution in [0.1, 0.15) is 30.9 Å². The highest BCUT2D eigenvalue weighted by atomic mass is 19.1. The average Bonchev–Trinajstić information content (AvgIpc) is 3.65. The zero-order chi connectivity index (χ0) is 27.3. The van der Waals surface area contributed by atoms with Crippen molar-refractivity contribution in [2.75, 3.05) is 33.4 Å². The maximum Gasteiger partial charge on any atom is 0.131 e. The maximum absolute atomic E-state index is 14.9. The molecule has 1 saturated heterocycles. The lowest BCUT2D eigenvalue weighted by molar-refractivity contribution is 0.156. The van der Waals surface area contributed by atoms with Gasteiger partial charge in [-0.15, -0.1) is 0 Å². The Kier molecular flexibility index (Phi) is 7.83. The van der Waals surface area contributed by atoms with E-state index in [9.17, 15) is 4.39 Å². The first kappa shape index (κ1) is 26.2. The van der Waals surface area contributed by atoms with Crippen LogP contribution in [-0.2, 0) is 11.3 Å². The summed E-state index contributed by atoms with van der Waals surface area (Å²) in [7, 11) is 1.67. The van der Waals surface area contributed by atoms with Crippen molar-refractivity contribution in [3.8, 4) is 28.1 Å². The molecule has 1 aliphatic rings. The summed E-state index contributed by atoms with van der Waals surface area (Å²) in [5.41, 5.74) is 5.67. The van der Waals surface area contributed by atoms with Gasteiger partial charge in [0.05, 0.1) is 24.4 Å². The van der Waals surface area contributed by atoms with Crippen LogP contribution >= 0.6 is 0 Å². The highest BCUT2D eigenvalue weighted by Crippen LogP contribution is 2.32. The molecule has 0 bridgehead atoms. The molecule has 2 aromatic carbocycles. The molecule has 3 aromatic heterocycles. The Morgan fingerprint density at radius 3 is 2.83 bits per heavy atom. The van der Waals surface area contributed by atoms with Crippen molar-refractivity contribution in [1.29, 1.82) is 0 Å². The summed E-state index contributed by atoms with van der Waals surface area (Å²) < 4.78 is 27.9. The number of methoxy groups -OCH3 is 1. The molecule has 1 aliphatic heterocycles. The van der Waals surface area contributed by atoms with Crippen LogP contribution in [0.25, 0.3) is 33.3 Å². The van der Waals surface area contributed by atoms with Crippen LogP contribution in [0.3, 0.4) is 0 Å². The Bertz CT molecular complexity index is 1570. The van der Waals surface area contributed by atoms with Gasteiger partial charge in [-0.25, -0.2) is 4.39 Å². The van der Waals surface area contributed by atoms with E-state index in [1.807, 2.05) is 24.4 Å². The minimum atomic E-state index is -0.228. The number of nitrogens with one attached hydrogen (secondary N) is 1. The lowest BCUT2D eigenvalue weighted by Gasteiger charge is -2.33. The lowest BCUT2D eigenvalue weighted by atomic mass is 10.0. The SMILES string of the molecule is COCCCOc1cccc(F)c1CN1CCCC(n2cc(-c3ccc4[nH]nc(-c5ccncc5)c4c3)cn2)C1. The standard InChI is InChI=1S/C31H33FN6O2/c1-39-15-4-16-40-30-7-2-6-28(32)27(30)21-37-14-3-5-25(20-37)38-19-24(18-34-38)23-8-9-29-26(17-23)31(36-35-29)22-10-12-33-13-11-22/h2,6-13,17-19,25H,3-5,14-16,20-21H2,1H3,(H,35,36). The smallest absolute Gasteiger partial charge is 0.131 e. The normalized spacial score (nSPS) is 16.0. The predicted molar refractivity (Wildman–Crippen MR) is 152 cm³/mol. The van der Waals surface area contributed by atoms with Gasteiger partial charge in [0.25, 0.3) is 0 Å². The Hall–Kier alpha value is -4.08. The van der Waals surface area contributed by atoms with Gasteiger partial charge in [0.2, 0.25) is 0 Å². The number of hydrogen-bond acceptors (Lipinski definition) is 6. The Balaban J connectivity index is 1.17. The van der Waals surface area contributed by atoms with Crippen LogP contribution in [0, 0.1) is 5.82 Å². The second-order valence-corrected chi connectivity index (χ2v) is 10.2. The molecular formula is C31H33FN6O2. The minimum absolute atomic E-state index is 0.213. The molecule has 0 aliphatic carbocycles. The van der Waals surface area contributed by atoms with Gasteiger partial charge < -0.3 is 9.47 Å². The Morgan fingerprint density at radius 2 is 1.95 bits per heavy atom. The molecule has 0 amide bonds. The van der Waals surface area contributed by atoms with Gasteiger partial charge in [-0.3, -0.25) is 19.7 Å². The molecule has 0 saturated carbocycles. The maximum atomic E-state index is 14.9. The van der Waals surface area contributed by atoms with Crippen molar-refractivity contribution in [3.05, 3.63) is 84.7 Å². The molecule has 0 radical (unpaired) electrons. The van der Waals surface area contributed by atoms with Crippen molar-refractivity contribution in [2.45, 2.75) is 31.8 Å². The number of aromatic amines is 1. The van der Waals surface area contributed by atoms with Crippen molar-refractivity contribution in [1.82, 2.24) is 29.9 Å². The molecule has 5 aromatic rings. The summed E-state index contributed by atoms with van der Waals surface area (Å²) >= 11 is 0. The number of benzene rings is 2. The zero-order valence-corrected chi connectivity index (χ0v) is 22.6. The molecule has 8 nitrogen and oxygen atoms in total. The lowest BCUT2D eigenvalue weighted by Crippen LogP contribution is -2.36. The van der Waals surface area contributed by atoms with Gasteiger partial charge in [-0.1, -0.05) is 12.1 Å². The van der Waals surface area contributed by atoms with E-state index in [-0.39, 0.29) is 11.9 Å². The van der Waals surface area contributed by atoms with E-state index in [0.29, 0.717) is 31.1 Å². The van der Waals surface area contributed by atoms with Gasteiger partial charge in [-0.05, 0) is 61.3 Å². The van der Waals surface area contributed by atoms with E-state index in [1.54, 1.807) is 25.6 Å². The topological polar surface area (TPSA) is 81.1 Å². The summed E-state index contributed by atoms with van der Waals surface area (Å²) in [4.78, 5) is 6.42. The first-order valence-electron chi connectivity index (χ1n) is 13.7. The number of aromatic nitrogens is 5. The van der Waals surface area contributed by atoms with Crippen LogP contribution in [0.2, 0.25) is 0 Å². The van der Waals surface area contributed by atoms with E-state index in [2.05, 4.69) is 49.2 Å². The molecule has 1 fully saturated rings. The van der Waals surface area contributed by atoms with Crippen molar-refractivity contribution < 1.29 is 13.9 Å². The van der Waals surface area contributed by atoms with Crippen molar-refractivity contribution in [2.24, 2.45) is 0 Å². The number of hydrogen-bond donors (Lipinski definition) is 1. The summed E-state index contributed by atoms with van der Waals surface area (Å²) in [6, 6.07) is 15.5. The van der Waals surface area contributed by atoms with Crippen molar-refractivity contribution in [3.63, 3.8) is 0 Å². The third-order valence-corrected chi connectivity index (χ3v) is 7.51. The van der Waals surface area contributed by atoms with E-state index >= 15 is 0 Å². The van der Waals surface area contributed by atoms with Gasteiger partial charge >= 0.3 is 0 Å². The summed E-state index contributed by atoms with van der Waals surface area (Å²) in [5, 5.41) is 13.5. The number of fused-ring (bicyclic) bond motifs is 1. The fourth-order valence-electron chi connectivity index (χ4n) is 5.44. The van der Waals surface area contributed by atoms with Gasteiger partial charge in [0.1, 0.15) is 17.3 Å². The molecule has 1 N–H and O–H groups in total. The molecule has 1 unspecified atom stereocenters. The van der Waals surface area contributed by atoms with Gasteiger partial charge in [0.15, 0.2) is 0 Å². The molecule has 1 atom stereocenters. The number of likely N-dealkylation sites (tertiary alicyclic amines) is 1. The number of piperidine rings is 1. The van der Waals surface area contributed by atoms with E-state index < -0.39 is 0 Å². The fourth-order valence-corrected chi connectivity index (χ4v) is 5.44. The largest absolute Gasteiger partial charge is 0.493 e. The predicted octanol–water partition coefficient (Wildman–Crippen LogP) is 5.88. The first-order valence-corrected chi connectivity index (χ1v) is 13.7. The number of H-pyrrole nitrogens is 1. The highest BCUT2D eigenvalue weighted by Gasteiger charge is 2.24. The highest BCUT2D eigenvalue weighted by molar-refractivity contribution is 5.95. The van der Waals surface area contributed by atoms with Crippen LogP contribution in [0.4, 0.5) is 4.39 Å². The summed E-state index contributed by atoms with van der Waals surface area (Å²) in [6.07, 6.45) is 10.4. The number of pyridine rings is 1. The molecule has 0 spiro atoms. The van der Waals surface area contributed by atoms with E-state index in [4.69, 9.17) is 14.6 Å². The summed E-state index contributed by atoms with van der Waals surface area (Å²) in [6.45, 7) is 3.33. The number of halogens is 1. The molecule has 9 heteroatoms. The second-order valence-electron chi connectivity index (χ2n) is 10.2. The quantitative estimate of drug-likeness (QED) is 0.223. The fraction of sp³-hybridized carbons (Fsp3) is 0.323. The molecule has 4 heterocycles. The van der Waals surface area contributed by atoms with Crippen LogP contribution in [-0.4, -0.2) is 63.3 Å². The molecule has 40 heavy (non-hydrogen) atoms. The second kappa shape index (κ2) is 12.0. The van der Waals surface area contributed by atoms with Crippen molar-refractivity contribution >= 4 is 10.9 Å². The number of rotatable bonds is 10. The Labute approximate surface area is 232 Å². The Morgan fingerprint density at radius 1 is 1.05 bits per heavy atom. The molecule has 206 valence electrons. The van der Waals surface area contributed by atoms with Crippen LogP contribution in [0.5, 0.6) is 5.75 Å². The molecule has 6 rings (SSSR count). The van der Waals surface area contributed by atoms with Crippen LogP contribution in [0.15, 0.2) is 73.3 Å². The van der Waals surface area contributed by atoms with E-state index in [1.165, 1.54) is 6.07 Å². The third-order valence-electron chi connectivity index (χ3n) is 7.51. The molecular weight excluding hydrogens is 507 g/mol. The van der Waals surface area contributed by atoms with Crippen LogP contribution < -0.4 is 4.74 Å². The number of nitrogens with zero attached hydrogens (tertiary/aromatic N) is 5. The first-order chi connectivity index (χ1) is 19.7. The third kappa shape index (κ3) is 5.61. The van der Waals surface area contributed by atoms with Gasteiger partial charge in [-0.2, -0.15) is 10.2 Å².